The van der Waals surface area contributed by atoms with Crippen molar-refractivity contribution in [2.24, 2.45) is 11.5 Å². The number of rotatable bonds is 6. The van der Waals surface area contributed by atoms with Gasteiger partial charge in [-0.3, -0.25) is 0 Å². The quantitative estimate of drug-likeness (QED) is 0.724. The van der Waals surface area contributed by atoms with Gasteiger partial charge in [0.05, 0.1) is 12.2 Å². The van der Waals surface area contributed by atoms with Crippen LogP contribution in [0, 0.1) is 0 Å². The monoisotopic (exact) mass is 270 g/mol. The van der Waals surface area contributed by atoms with Crippen molar-refractivity contribution in [3.05, 3.63) is 0 Å². The first-order chi connectivity index (χ1) is 9.24. The fourth-order valence-corrected chi connectivity index (χ4v) is 3.22. The average molecular weight is 270 g/mol. The predicted molar refractivity (Wildman–Crippen MR) is 77.0 cm³/mol. The molecule has 0 heterocycles. The van der Waals surface area contributed by atoms with Gasteiger partial charge in [0.1, 0.15) is 0 Å². The first kappa shape index (κ1) is 15.2. The molecule has 2 saturated carbocycles. The second-order valence-corrected chi connectivity index (χ2v) is 6.19. The van der Waals surface area contributed by atoms with E-state index >= 15 is 0 Å². The Morgan fingerprint density at radius 2 is 1.21 bits per heavy atom. The molecule has 4 nitrogen and oxygen atoms in total. The Balaban J connectivity index is 1.47. The maximum absolute atomic E-state index is 5.95. The van der Waals surface area contributed by atoms with E-state index in [-0.39, 0.29) is 0 Å². The van der Waals surface area contributed by atoms with Gasteiger partial charge in [-0.15, -0.1) is 0 Å². The van der Waals surface area contributed by atoms with E-state index in [1.54, 1.807) is 0 Å². The number of hydrogen-bond donors (Lipinski definition) is 2. The van der Waals surface area contributed by atoms with Gasteiger partial charge in [0.15, 0.2) is 0 Å². The second kappa shape index (κ2) is 8.20. The molecular weight excluding hydrogens is 240 g/mol. The molecule has 0 aliphatic heterocycles. The van der Waals surface area contributed by atoms with Crippen LogP contribution in [0.1, 0.15) is 57.8 Å². The maximum Gasteiger partial charge on any atom is 0.0589 e. The summed E-state index contributed by atoms with van der Waals surface area (Å²) in [5, 5.41) is 0. The van der Waals surface area contributed by atoms with E-state index in [1.165, 1.54) is 25.7 Å². The van der Waals surface area contributed by atoms with Crippen LogP contribution in [0.3, 0.4) is 0 Å². The van der Waals surface area contributed by atoms with E-state index in [4.69, 9.17) is 20.9 Å². The molecule has 0 spiro atoms. The molecule has 0 aromatic carbocycles. The van der Waals surface area contributed by atoms with Crippen molar-refractivity contribution in [2.45, 2.75) is 82.1 Å². The molecule has 4 unspecified atom stereocenters. The second-order valence-electron chi connectivity index (χ2n) is 6.19. The molecule has 2 fully saturated rings. The summed E-state index contributed by atoms with van der Waals surface area (Å²) in [6, 6.07) is 0.692. The molecular formula is C15H30N2O2. The van der Waals surface area contributed by atoms with Crippen LogP contribution in [0.5, 0.6) is 0 Å². The van der Waals surface area contributed by atoms with Gasteiger partial charge < -0.3 is 20.9 Å². The summed E-state index contributed by atoms with van der Waals surface area (Å²) >= 11 is 0. The van der Waals surface area contributed by atoms with Crippen LogP contribution in [-0.4, -0.2) is 37.5 Å². The fourth-order valence-electron chi connectivity index (χ4n) is 3.22. The molecule has 4 N–H and O–H groups in total. The standard InChI is InChI=1S/C15H30N2O2/c16-12-4-1-6-14(10-12)18-8-3-9-19-15-7-2-5-13(17)11-15/h12-15H,1-11,16-17H2. The Morgan fingerprint density at radius 1 is 0.737 bits per heavy atom. The molecule has 0 bridgehead atoms. The number of nitrogens with two attached hydrogens (primary N) is 2. The van der Waals surface area contributed by atoms with Crippen molar-refractivity contribution in [1.82, 2.24) is 0 Å². The maximum atomic E-state index is 5.95. The van der Waals surface area contributed by atoms with Crippen LogP contribution in [0.25, 0.3) is 0 Å². The molecule has 0 saturated heterocycles. The first-order valence-corrected chi connectivity index (χ1v) is 7.98. The van der Waals surface area contributed by atoms with Gasteiger partial charge in [0.25, 0.3) is 0 Å². The first-order valence-electron chi connectivity index (χ1n) is 7.98. The van der Waals surface area contributed by atoms with Crippen molar-refractivity contribution in [3.8, 4) is 0 Å². The lowest BCUT2D eigenvalue weighted by atomic mass is 9.93. The zero-order chi connectivity index (χ0) is 13.5. The van der Waals surface area contributed by atoms with Gasteiger partial charge >= 0.3 is 0 Å². The lowest BCUT2D eigenvalue weighted by Crippen LogP contribution is -2.33. The van der Waals surface area contributed by atoms with Gasteiger partial charge in [-0.25, -0.2) is 0 Å². The normalized spacial score (nSPS) is 36.3. The summed E-state index contributed by atoms with van der Waals surface area (Å²) < 4.78 is 11.8. The highest BCUT2D eigenvalue weighted by Crippen LogP contribution is 2.21. The molecule has 2 aliphatic rings. The van der Waals surface area contributed by atoms with Crippen molar-refractivity contribution in [3.63, 3.8) is 0 Å². The molecule has 112 valence electrons. The van der Waals surface area contributed by atoms with Gasteiger partial charge in [-0.1, -0.05) is 0 Å². The summed E-state index contributed by atoms with van der Waals surface area (Å²) in [7, 11) is 0. The Bertz CT molecular complexity index is 226. The molecule has 19 heavy (non-hydrogen) atoms. The van der Waals surface area contributed by atoms with Gasteiger partial charge in [-0.05, 0) is 57.8 Å². The molecule has 0 aromatic heterocycles. The number of ether oxygens (including phenoxy) is 2. The minimum absolute atomic E-state index is 0.346. The summed E-state index contributed by atoms with van der Waals surface area (Å²) in [4.78, 5) is 0. The van der Waals surface area contributed by atoms with E-state index in [2.05, 4.69) is 0 Å². The smallest absolute Gasteiger partial charge is 0.0589 e. The molecule has 4 atom stereocenters. The minimum atomic E-state index is 0.346. The van der Waals surface area contributed by atoms with Crippen LogP contribution in [0.4, 0.5) is 0 Å². The number of hydrogen-bond acceptors (Lipinski definition) is 4. The Kier molecular flexibility index (Phi) is 6.57. The topological polar surface area (TPSA) is 70.5 Å². The fraction of sp³-hybridized carbons (Fsp3) is 1.00. The molecule has 0 radical (unpaired) electrons. The van der Waals surface area contributed by atoms with E-state index in [9.17, 15) is 0 Å². The molecule has 0 amide bonds. The average Bonchev–Trinajstić information content (AvgIpc) is 2.38. The van der Waals surface area contributed by atoms with Crippen molar-refractivity contribution < 1.29 is 9.47 Å². The van der Waals surface area contributed by atoms with Crippen LogP contribution in [-0.2, 0) is 9.47 Å². The SMILES string of the molecule is NC1CCCC(OCCCOC2CCCC(N)C2)C1. The molecule has 0 aromatic rings. The Morgan fingerprint density at radius 3 is 1.63 bits per heavy atom. The zero-order valence-electron chi connectivity index (χ0n) is 12.1. The summed E-state index contributed by atoms with van der Waals surface area (Å²) in [6.45, 7) is 1.60. The van der Waals surface area contributed by atoms with E-state index in [1.807, 2.05) is 0 Å². The van der Waals surface area contributed by atoms with Gasteiger partial charge in [0.2, 0.25) is 0 Å². The van der Waals surface area contributed by atoms with Gasteiger partial charge in [-0.2, -0.15) is 0 Å². The highest BCUT2D eigenvalue weighted by molar-refractivity contribution is 4.76. The largest absolute Gasteiger partial charge is 0.378 e. The molecule has 4 heteroatoms. The summed E-state index contributed by atoms with van der Waals surface area (Å²) in [5.41, 5.74) is 11.9. The van der Waals surface area contributed by atoms with Gasteiger partial charge in [0, 0.05) is 25.3 Å². The lowest BCUT2D eigenvalue weighted by Gasteiger charge is -2.28. The predicted octanol–water partition coefficient (Wildman–Crippen LogP) is 1.95. The summed E-state index contributed by atoms with van der Waals surface area (Å²) in [6.07, 6.45) is 10.9. The third-order valence-electron chi connectivity index (χ3n) is 4.33. The summed E-state index contributed by atoms with van der Waals surface area (Å²) in [5.74, 6) is 0. The van der Waals surface area contributed by atoms with E-state index < -0.39 is 0 Å². The van der Waals surface area contributed by atoms with E-state index in [0.717, 1.165) is 45.3 Å². The zero-order valence-corrected chi connectivity index (χ0v) is 12.1. The highest BCUT2D eigenvalue weighted by atomic mass is 16.5. The highest BCUT2D eigenvalue weighted by Gasteiger charge is 2.20. The van der Waals surface area contributed by atoms with Crippen LogP contribution >= 0.6 is 0 Å². The van der Waals surface area contributed by atoms with Crippen molar-refractivity contribution >= 4 is 0 Å². The molecule has 2 rings (SSSR count). The Labute approximate surface area is 117 Å². The van der Waals surface area contributed by atoms with Crippen molar-refractivity contribution in [2.75, 3.05) is 13.2 Å². The third-order valence-corrected chi connectivity index (χ3v) is 4.33. The lowest BCUT2D eigenvalue weighted by molar-refractivity contribution is -0.0126. The van der Waals surface area contributed by atoms with E-state index in [0.29, 0.717) is 24.3 Å². The van der Waals surface area contributed by atoms with Crippen LogP contribution in [0.15, 0.2) is 0 Å². The van der Waals surface area contributed by atoms with Crippen molar-refractivity contribution in [1.29, 1.82) is 0 Å². The minimum Gasteiger partial charge on any atom is -0.378 e. The van der Waals surface area contributed by atoms with Crippen LogP contribution in [0.2, 0.25) is 0 Å². The Hall–Kier alpha value is -0.160. The third kappa shape index (κ3) is 5.78. The molecule has 2 aliphatic carbocycles. The van der Waals surface area contributed by atoms with Crippen LogP contribution < -0.4 is 11.5 Å².